The Kier molecular flexibility index (Phi) is 4.60. The highest BCUT2D eigenvalue weighted by atomic mass is 15.3. The van der Waals surface area contributed by atoms with E-state index in [2.05, 4.69) is 53.4 Å². The Balaban J connectivity index is 1.88. The summed E-state index contributed by atoms with van der Waals surface area (Å²) in [6, 6.07) is 20.6. The summed E-state index contributed by atoms with van der Waals surface area (Å²) in [6.45, 7) is 2.19. The minimum atomic E-state index is -0.0438. The molecule has 0 N–H and O–H groups in total. The monoisotopic (exact) mass is 343 g/mol. The molecule has 0 aliphatic rings. The maximum atomic E-state index is 4.72. The number of hydrogen-bond donors (Lipinski definition) is 0. The van der Waals surface area contributed by atoms with E-state index in [1.165, 1.54) is 11.3 Å². The Morgan fingerprint density at radius 3 is 2.31 bits per heavy atom. The zero-order chi connectivity index (χ0) is 17.8. The molecule has 0 amide bonds. The van der Waals surface area contributed by atoms with Gasteiger partial charge < -0.3 is 0 Å². The summed E-state index contributed by atoms with van der Waals surface area (Å²) in [6.07, 6.45) is 7.31. The average molecular weight is 343 g/mol. The molecule has 0 saturated carbocycles. The van der Waals surface area contributed by atoms with E-state index in [1.807, 2.05) is 39.8 Å². The molecular weight excluding hydrogens is 322 g/mol. The number of aromatic nitrogens is 5. The number of hydrogen-bond acceptors (Lipinski definition) is 3. The molecular formula is C21H21N5. The molecule has 0 fully saturated rings. The molecule has 5 nitrogen and oxygen atoms in total. The van der Waals surface area contributed by atoms with E-state index in [-0.39, 0.29) is 6.04 Å². The highest BCUT2D eigenvalue weighted by molar-refractivity contribution is 5.39. The Hall–Kier alpha value is -3.21. The fraction of sp³-hybridized carbons (Fsp3) is 0.190. The first-order valence-corrected chi connectivity index (χ1v) is 8.89. The van der Waals surface area contributed by atoms with Crippen molar-refractivity contribution in [3.8, 4) is 5.69 Å². The van der Waals surface area contributed by atoms with E-state index in [0.29, 0.717) is 0 Å². The van der Waals surface area contributed by atoms with Gasteiger partial charge in [0.2, 0.25) is 0 Å². The van der Waals surface area contributed by atoms with Crippen molar-refractivity contribution in [2.75, 3.05) is 0 Å². The first kappa shape index (κ1) is 16.3. The van der Waals surface area contributed by atoms with Crippen LogP contribution in [0.25, 0.3) is 5.69 Å². The minimum Gasteiger partial charge on any atom is -0.241 e. The van der Waals surface area contributed by atoms with Gasteiger partial charge in [0.25, 0.3) is 0 Å². The number of rotatable bonds is 6. The van der Waals surface area contributed by atoms with Crippen LogP contribution in [0.2, 0.25) is 0 Å². The third-order valence-corrected chi connectivity index (χ3v) is 4.50. The molecule has 4 rings (SSSR count). The van der Waals surface area contributed by atoms with Gasteiger partial charge in [0.1, 0.15) is 18.7 Å². The quantitative estimate of drug-likeness (QED) is 0.530. The van der Waals surface area contributed by atoms with Gasteiger partial charge in [-0.3, -0.25) is 0 Å². The number of nitrogens with zero attached hydrogens (tertiary/aromatic N) is 5. The van der Waals surface area contributed by atoms with E-state index < -0.39 is 0 Å². The van der Waals surface area contributed by atoms with Gasteiger partial charge in [-0.15, -0.1) is 0 Å². The standard InChI is InChI=1S/C21H21N5/c1-2-9-20-19(14-23-26(20)18-12-7-4-8-13-18)21(25-16-22-15-24-25)17-10-5-3-6-11-17/h3-8,10-16,21H,2,9H2,1H3. The zero-order valence-corrected chi connectivity index (χ0v) is 14.7. The van der Waals surface area contributed by atoms with Crippen molar-refractivity contribution in [2.45, 2.75) is 25.8 Å². The molecule has 0 saturated heterocycles. The summed E-state index contributed by atoms with van der Waals surface area (Å²) < 4.78 is 3.95. The minimum absolute atomic E-state index is 0.0438. The molecule has 0 aliphatic heterocycles. The fourth-order valence-corrected chi connectivity index (χ4v) is 3.35. The van der Waals surface area contributed by atoms with E-state index in [4.69, 9.17) is 5.10 Å². The SMILES string of the molecule is CCCc1c(C(c2ccccc2)n2cncn2)cnn1-c1ccccc1. The van der Waals surface area contributed by atoms with E-state index in [1.54, 1.807) is 12.7 Å². The largest absolute Gasteiger partial charge is 0.241 e. The normalized spacial score (nSPS) is 12.2. The van der Waals surface area contributed by atoms with Crippen molar-refractivity contribution in [3.63, 3.8) is 0 Å². The second kappa shape index (κ2) is 7.35. The second-order valence-corrected chi connectivity index (χ2v) is 6.23. The van der Waals surface area contributed by atoms with Crippen LogP contribution < -0.4 is 0 Å². The molecule has 2 heterocycles. The first-order valence-electron chi connectivity index (χ1n) is 8.89. The van der Waals surface area contributed by atoms with Gasteiger partial charge in [0, 0.05) is 11.3 Å². The van der Waals surface area contributed by atoms with E-state index in [0.717, 1.165) is 24.1 Å². The summed E-state index contributed by atoms with van der Waals surface area (Å²) in [5.74, 6) is 0. The van der Waals surface area contributed by atoms with E-state index >= 15 is 0 Å². The molecule has 26 heavy (non-hydrogen) atoms. The van der Waals surface area contributed by atoms with Gasteiger partial charge in [-0.2, -0.15) is 10.2 Å². The maximum Gasteiger partial charge on any atom is 0.137 e. The Bertz CT molecular complexity index is 943. The van der Waals surface area contributed by atoms with Crippen LogP contribution in [0.15, 0.2) is 79.5 Å². The van der Waals surface area contributed by atoms with Crippen LogP contribution in [0.3, 0.4) is 0 Å². The van der Waals surface area contributed by atoms with Crippen LogP contribution >= 0.6 is 0 Å². The summed E-state index contributed by atoms with van der Waals surface area (Å²) in [5, 5.41) is 9.14. The molecule has 4 aromatic rings. The number of benzene rings is 2. The highest BCUT2D eigenvalue weighted by Crippen LogP contribution is 2.30. The van der Waals surface area contributed by atoms with Gasteiger partial charge in [-0.05, 0) is 24.1 Å². The highest BCUT2D eigenvalue weighted by Gasteiger charge is 2.23. The molecule has 0 radical (unpaired) electrons. The third-order valence-electron chi connectivity index (χ3n) is 4.50. The second-order valence-electron chi connectivity index (χ2n) is 6.23. The summed E-state index contributed by atoms with van der Waals surface area (Å²) >= 11 is 0. The Morgan fingerprint density at radius 1 is 0.923 bits per heavy atom. The molecule has 130 valence electrons. The zero-order valence-electron chi connectivity index (χ0n) is 14.7. The average Bonchev–Trinajstić information content (AvgIpc) is 3.35. The van der Waals surface area contributed by atoms with Gasteiger partial charge in [0.05, 0.1) is 11.9 Å². The lowest BCUT2D eigenvalue weighted by Gasteiger charge is -2.19. The van der Waals surface area contributed by atoms with Crippen LogP contribution in [0.4, 0.5) is 0 Å². The predicted molar refractivity (Wildman–Crippen MR) is 101 cm³/mol. The molecule has 2 aromatic heterocycles. The lowest BCUT2D eigenvalue weighted by molar-refractivity contribution is 0.586. The third kappa shape index (κ3) is 3.04. The van der Waals surface area contributed by atoms with Gasteiger partial charge >= 0.3 is 0 Å². The van der Waals surface area contributed by atoms with Gasteiger partial charge in [-0.1, -0.05) is 61.9 Å². The molecule has 5 heteroatoms. The van der Waals surface area contributed by atoms with Crippen LogP contribution in [0, 0.1) is 0 Å². The maximum absolute atomic E-state index is 4.72. The van der Waals surface area contributed by atoms with Gasteiger partial charge in [-0.25, -0.2) is 14.3 Å². The van der Waals surface area contributed by atoms with Crippen LogP contribution in [-0.4, -0.2) is 24.5 Å². The summed E-state index contributed by atoms with van der Waals surface area (Å²) in [7, 11) is 0. The van der Waals surface area contributed by atoms with Crippen LogP contribution in [-0.2, 0) is 6.42 Å². The molecule has 0 bridgehead atoms. The van der Waals surface area contributed by atoms with Crippen molar-refractivity contribution in [1.29, 1.82) is 0 Å². The Labute approximate surface area is 152 Å². The molecule has 2 aromatic carbocycles. The molecule has 1 unspecified atom stereocenters. The van der Waals surface area contributed by atoms with Crippen LogP contribution in [0.1, 0.15) is 36.2 Å². The summed E-state index contributed by atoms with van der Waals surface area (Å²) in [5.41, 5.74) is 4.62. The first-order chi connectivity index (χ1) is 12.9. The van der Waals surface area contributed by atoms with Crippen molar-refractivity contribution in [3.05, 3.63) is 96.3 Å². The smallest absolute Gasteiger partial charge is 0.137 e. The summed E-state index contributed by atoms with van der Waals surface area (Å²) in [4.78, 5) is 4.16. The Morgan fingerprint density at radius 2 is 1.65 bits per heavy atom. The van der Waals surface area contributed by atoms with Crippen molar-refractivity contribution < 1.29 is 0 Å². The molecule has 0 aliphatic carbocycles. The van der Waals surface area contributed by atoms with E-state index in [9.17, 15) is 0 Å². The fourth-order valence-electron chi connectivity index (χ4n) is 3.35. The lowest BCUT2D eigenvalue weighted by atomic mass is 9.97. The van der Waals surface area contributed by atoms with Crippen molar-refractivity contribution >= 4 is 0 Å². The van der Waals surface area contributed by atoms with Crippen molar-refractivity contribution in [2.24, 2.45) is 0 Å². The van der Waals surface area contributed by atoms with Gasteiger partial charge in [0.15, 0.2) is 0 Å². The number of para-hydroxylation sites is 1. The molecule has 0 spiro atoms. The van der Waals surface area contributed by atoms with Crippen LogP contribution in [0.5, 0.6) is 0 Å². The van der Waals surface area contributed by atoms with Crippen molar-refractivity contribution in [1.82, 2.24) is 24.5 Å². The molecule has 1 atom stereocenters. The predicted octanol–water partition coefficient (Wildman–Crippen LogP) is 4.05. The lowest BCUT2D eigenvalue weighted by Crippen LogP contribution is -2.15. The topological polar surface area (TPSA) is 48.5 Å².